The van der Waals surface area contributed by atoms with Crippen molar-refractivity contribution in [1.82, 2.24) is 15.2 Å². The number of amides is 2. The van der Waals surface area contributed by atoms with Gasteiger partial charge in [0.2, 0.25) is 12.4 Å². The number of aromatic nitrogens is 2. The zero-order chi connectivity index (χ0) is 26.5. The van der Waals surface area contributed by atoms with Crippen LogP contribution in [-0.2, 0) is 19.2 Å². The number of anilines is 1. The third kappa shape index (κ3) is 5.83. The highest BCUT2D eigenvalue weighted by Gasteiger charge is 2.54. The Kier molecular flexibility index (Phi) is 8.56. The number of thiazole rings is 1. The molecular weight excluding hydrogens is 538 g/mol. The Labute approximate surface area is 225 Å². The van der Waals surface area contributed by atoms with Crippen LogP contribution in [0, 0.1) is 0 Å². The lowest BCUT2D eigenvalue weighted by Gasteiger charge is -2.49. The van der Waals surface area contributed by atoms with Gasteiger partial charge in [0.05, 0.1) is 6.54 Å². The van der Waals surface area contributed by atoms with Gasteiger partial charge in [-0.25, -0.2) is 9.78 Å². The van der Waals surface area contributed by atoms with Crippen molar-refractivity contribution >= 4 is 63.5 Å². The third-order valence-electron chi connectivity index (χ3n) is 5.45. The van der Waals surface area contributed by atoms with Crippen molar-refractivity contribution in [1.29, 1.82) is 0 Å². The zero-order valence-corrected chi connectivity index (χ0v) is 22.5. The number of carboxylic acids is 1. The predicted octanol–water partition coefficient (Wildman–Crippen LogP) is 0.848. The number of rotatable bonds is 11. The highest BCUT2D eigenvalue weighted by atomic mass is 32.2. The van der Waals surface area contributed by atoms with Crippen molar-refractivity contribution in [2.45, 2.75) is 29.7 Å². The molecule has 37 heavy (non-hydrogen) atoms. The lowest BCUT2D eigenvalue weighted by molar-refractivity contribution is -0.650. The van der Waals surface area contributed by atoms with E-state index in [-0.39, 0.29) is 22.2 Å². The lowest BCUT2D eigenvalue weighted by Crippen LogP contribution is -2.71. The van der Waals surface area contributed by atoms with Crippen LogP contribution in [0.3, 0.4) is 0 Å². The van der Waals surface area contributed by atoms with E-state index >= 15 is 0 Å². The smallest absolute Gasteiger partial charge is 0.352 e. The first-order valence-corrected chi connectivity index (χ1v) is 14.2. The Morgan fingerprint density at radius 1 is 1.41 bits per heavy atom. The van der Waals surface area contributed by atoms with E-state index in [0.29, 0.717) is 17.1 Å². The number of carbonyl (C=O) groups excluding carboxylic acids is 2. The van der Waals surface area contributed by atoms with Gasteiger partial charge < -0.3 is 21.0 Å². The standard InChI is InChI=1S/C22H25N7O5S3/c1-3-6-24-28-7-4-13(5-8-28)35-9-12-10-36-20-16(19(31)29(20)17(12)21(32)33)26-18(30)15(27-34-2)14-11-37-22(23)25-14/h4-5,7-8,11,16,20,24H,3,6,9-10H2,1-2H3,(H3-,23,25,26,30,32,33)/p+1/b27-15-/t16?,20-/m0/s1. The highest BCUT2D eigenvalue weighted by Crippen LogP contribution is 2.41. The maximum absolute atomic E-state index is 13.0. The molecular formula is C22H26N7O5S3+. The van der Waals surface area contributed by atoms with Gasteiger partial charge in [-0.3, -0.25) is 14.5 Å². The molecule has 4 rings (SSSR count). The van der Waals surface area contributed by atoms with E-state index in [1.54, 1.807) is 5.38 Å². The van der Waals surface area contributed by atoms with Crippen molar-refractivity contribution in [3.8, 4) is 0 Å². The molecule has 1 unspecified atom stereocenters. The average molecular weight is 565 g/mol. The molecule has 1 fully saturated rings. The zero-order valence-electron chi connectivity index (χ0n) is 20.0. The Hall–Kier alpha value is -3.30. The first-order valence-electron chi connectivity index (χ1n) is 11.2. The molecule has 1 saturated heterocycles. The minimum Gasteiger partial charge on any atom is -0.477 e. The number of oxime groups is 1. The second-order valence-corrected chi connectivity index (χ2v) is 11.0. The molecule has 5 N–H and O–H groups in total. The fourth-order valence-electron chi connectivity index (χ4n) is 3.72. The molecule has 2 atom stereocenters. The van der Waals surface area contributed by atoms with Gasteiger partial charge in [0, 0.05) is 33.9 Å². The number of nitrogens with one attached hydrogen (secondary N) is 2. The number of pyridine rings is 1. The molecule has 0 aliphatic carbocycles. The Balaban J connectivity index is 1.44. The van der Waals surface area contributed by atoms with E-state index in [1.165, 1.54) is 35.5 Å². The average Bonchev–Trinajstić information content (AvgIpc) is 3.33. The first kappa shape index (κ1) is 26.8. The fraction of sp³-hybridized carbons (Fsp3) is 0.364. The van der Waals surface area contributed by atoms with Gasteiger partial charge in [0.25, 0.3) is 11.8 Å². The molecule has 2 aliphatic rings. The van der Waals surface area contributed by atoms with Crippen LogP contribution in [-0.4, -0.2) is 75.1 Å². The van der Waals surface area contributed by atoms with Gasteiger partial charge in [0.15, 0.2) is 10.8 Å². The van der Waals surface area contributed by atoms with Gasteiger partial charge in [-0.05, 0) is 12.0 Å². The molecule has 15 heteroatoms. The monoisotopic (exact) mass is 564 g/mol. The van der Waals surface area contributed by atoms with Crippen LogP contribution in [0.15, 0.2) is 51.2 Å². The van der Waals surface area contributed by atoms with Crippen molar-refractivity contribution in [2.75, 3.05) is 36.3 Å². The summed E-state index contributed by atoms with van der Waals surface area (Å²) >= 11 is 4.04. The summed E-state index contributed by atoms with van der Waals surface area (Å²) in [6, 6.07) is 2.99. The summed E-state index contributed by atoms with van der Waals surface area (Å²) in [7, 11) is 1.29. The fourth-order valence-corrected chi connectivity index (χ4v) is 6.64. The molecule has 2 aromatic rings. The van der Waals surface area contributed by atoms with Gasteiger partial charge in [-0.2, -0.15) is 5.43 Å². The molecule has 2 aromatic heterocycles. The van der Waals surface area contributed by atoms with Crippen LogP contribution in [0.1, 0.15) is 19.0 Å². The number of nitrogens with zero attached hydrogens (tertiary/aromatic N) is 4. The number of aliphatic carboxylic acids is 1. The summed E-state index contributed by atoms with van der Waals surface area (Å²) in [5.74, 6) is -1.49. The molecule has 0 saturated carbocycles. The Morgan fingerprint density at radius 2 is 2.16 bits per heavy atom. The molecule has 196 valence electrons. The Morgan fingerprint density at radius 3 is 2.78 bits per heavy atom. The molecule has 12 nitrogen and oxygen atoms in total. The minimum atomic E-state index is -1.17. The quantitative estimate of drug-likeness (QED) is 0.101. The van der Waals surface area contributed by atoms with Gasteiger partial charge in [-0.1, -0.05) is 16.8 Å². The number of carbonyl (C=O) groups is 3. The van der Waals surface area contributed by atoms with E-state index < -0.39 is 29.2 Å². The van der Waals surface area contributed by atoms with Crippen LogP contribution in [0.25, 0.3) is 0 Å². The van der Waals surface area contributed by atoms with Crippen LogP contribution in [0.4, 0.5) is 5.13 Å². The lowest BCUT2D eigenvalue weighted by atomic mass is 10.0. The Bertz CT molecular complexity index is 1250. The molecule has 4 heterocycles. The summed E-state index contributed by atoms with van der Waals surface area (Å²) in [6.45, 7) is 2.94. The van der Waals surface area contributed by atoms with Crippen LogP contribution in [0.2, 0.25) is 0 Å². The molecule has 2 aliphatic heterocycles. The number of hydrogen-bond acceptors (Lipinski definition) is 11. The summed E-state index contributed by atoms with van der Waals surface area (Å²) < 4.78 is 1.87. The molecule has 0 aromatic carbocycles. The molecule has 0 bridgehead atoms. The normalized spacial score (nSPS) is 19.2. The van der Waals surface area contributed by atoms with Crippen LogP contribution in [0.5, 0.6) is 0 Å². The summed E-state index contributed by atoms with van der Waals surface area (Å²) in [6.07, 6.45) is 4.82. The second kappa shape index (κ2) is 11.8. The van der Waals surface area contributed by atoms with Crippen LogP contribution >= 0.6 is 34.9 Å². The largest absolute Gasteiger partial charge is 0.477 e. The highest BCUT2D eigenvalue weighted by molar-refractivity contribution is 8.01. The molecule has 0 radical (unpaired) electrons. The van der Waals surface area contributed by atoms with E-state index in [2.05, 4.69) is 27.8 Å². The number of carboxylic acid groups (broad SMARTS) is 1. The number of nitrogen functional groups attached to an aromatic ring is 1. The van der Waals surface area contributed by atoms with Crippen molar-refractivity contribution in [3.63, 3.8) is 0 Å². The van der Waals surface area contributed by atoms with Gasteiger partial charge in [0.1, 0.15) is 29.9 Å². The summed E-state index contributed by atoms with van der Waals surface area (Å²) in [5.41, 5.74) is 9.61. The van der Waals surface area contributed by atoms with Gasteiger partial charge >= 0.3 is 5.97 Å². The van der Waals surface area contributed by atoms with E-state index in [9.17, 15) is 19.5 Å². The topological polar surface area (TPSA) is 163 Å². The number of fused-ring (bicyclic) bond motifs is 1. The maximum Gasteiger partial charge on any atom is 0.352 e. The second-order valence-electron chi connectivity index (χ2n) is 7.95. The minimum absolute atomic E-state index is 0.0274. The van der Waals surface area contributed by atoms with E-state index in [0.717, 1.165) is 29.2 Å². The van der Waals surface area contributed by atoms with Crippen molar-refractivity contribution in [2.24, 2.45) is 5.16 Å². The van der Waals surface area contributed by atoms with Crippen molar-refractivity contribution in [3.05, 3.63) is 46.9 Å². The van der Waals surface area contributed by atoms with Crippen LogP contribution < -0.4 is 21.2 Å². The number of nitrogens with two attached hydrogens (primary N) is 1. The molecule has 2 amide bonds. The SMILES string of the molecule is CCCN[n+]1ccc(SCC2=C(C(=O)O)N3C(=O)C(NC(=O)/C(=N\OC)c4csc(N)n4)[C@@H]3SC2)cc1. The van der Waals surface area contributed by atoms with Crippen molar-refractivity contribution < 1.29 is 29.0 Å². The van der Waals surface area contributed by atoms with Gasteiger partial charge in [-0.15, -0.1) is 34.9 Å². The predicted molar refractivity (Wildman–Crippen MR) is 142 cm³/mol. The van der Waals surface area contributed by atoms with E-state index in [4.69, 9.17) is 10.6 Å². The first-order chi connectivity index (χ1) is 17.8. The number of β-lactam (4-membered cyclic amide) rings is 1. The maximum atomic E-state index is 13.0. The van der Waals surface area contributed by atoms with E-state index in [1.807, 2.05) is 29.2 Å². The third-order valence-corrected chi connectivity index (χ3v) is 8.57. The summed E-state index contributed by atoms with van der Waals surface area (Å²) in [4.78, 5) is 49.0. The number of hydrogen-bond donors (Lipinski definition) is 4. The molecule has 0 spiro atoms. The number of thioether (sulfide) groups is 2. The summed E-state index contributed by atoms with van der Waals surface area (Å²) in [5, 5.41) is 17.6.